The van der Waals surface area contributed by atoms with E-state index in [9.17, 15) is 0 Å². The van der Waals surface area contributed by atoms with Crippen LogP contribution in [-0.2, 0) is 21.1 Å². The van der Waals surface area contributed by atoms with Crippen LogP contribution in [-0.4, -0.2) is 9.55 Å². The molecular formula is C9H16Br2N4. The Kier molecular flexibility index (Phi) is 9.71. The zero-order valence-corrected chi connectivity index (χ0v) is 12.2. The molecule has 2 rings (SSSR count). The molecule has 0 unspecified atom stereocenters. The molecule has 0 spiro atoms. The number of aromatic nitrogens is 4. The molecule has 0 saturated carbocycles. The number of aromatic amines is 1. The zero-order chi connectivity index (χ0) is 9.68. The standard InChI is InChI=1S/C5H9N2.C4H6N2.2BrH/c1-6-3-4-7(2)5-6;1-6-3-2-5-4-6;;/h3-5H,1-2H3;2-4H,1H3;2*1H/q+1;;;/p-1. The molecule has 0 radical (unpaired) electrons. The lowest BCUT2D eigenvalue weighted by Crippen LogP contribution is -3.00. The summed E-state index contributed by atoms with van der Waals surface area (Å²) >= 11 is 0. The topological polar surface area (TPSA) is 28.5 Å². The van der Waals surface area contributed by atoms with E-state index < -0.39 is 0 Å². The fourth-order valence-electron chi connectivity index (χ4n) is 0.939. The fourth-order valence-corrected chi connectivity index (χ4v) is 0.939. The molecule has 0 saturated heterocycles. The molecule has 6 heteroatoms. The lowest BCUT2D eigenvalue weighted by Gasteiger charge is -1.72. The average molecular weight is 340 g/mol. The first-order valence-electron chi connectivity index (χ1n) is 4.13. The maximum absolute atomic E-state index is 2.89. The number of imidazole rings is 2. The Morgan fingerprint density at radius 1 is 1.07 bits per heavy atom. The van der Waals surface area contributed by atoms with Crippen LogP contribution >= 0.6 is 0 Å². The number of rotatable bonds is 0. The number of hydrogen-bond acceptors (Lipinski definition) is 0. The largest absolute Gasteiger partial charge is 1.00 e. The molecule has 0 aliphatic heterocycles. The molecular weight excluding hydrogens is 324 g/mol. The van der Waals surface area contributed by atoms with Crippen molar-refractivity contribution in [1.29, 1.82) is 0 Å². The summed E-state index contributed by atoms with van der Waals surface area (Å²) in [5.41, 5.74) is 0. The molecule has 1 N–H and O–H groups in total. The van der Waals surface area contributed by atoms with E-state index in [1.54, 1.807) is 0 Å². The van der Waals surface area contributed by atoms with Crippen LogP contribution in [0.5, 0.6) is 0 Å². The first-order chi connectivity index (χ1) is 6.18. The Morgan fingerprint density at radius 2 is 1.73 bits per heavy atom. The van der Waals surface area contributed by atoms with Crippen molar-refractivity contribution in [2.45, 2.75) is 0 Å². The summed E-state index contributed by atoms with van der Waals surface area (Å²) in [6.07, 6.45) is 11.7. The van der Waals surface area contributed by atoms with Gasteiger partial charge in [-0.15, -0.1) is 0 Å². The van der Waals surface area contributed by atoms with Crippen molar-refractivity contribution in [3.8, 4) is 0 Å². The van der Waals surface area contributed by atoms with E-state index in [1.807, 2.05) is 72.3 Å². The highest BCUT2D eigenvalue weighted by atomic mass is 79.9. The second-order valence-electron chi connectivity index (χ2n) is 3.02. The number of aryl methyl sites for hydroxylation is 3. The van der Waals surface area contributed by atoms with Crippen molar-refractivity contribution in [3.05, 3.63) is 37.4 Å². The van der Waals surface area contributed by atoms with Crippen LogP contribution in [0, 0.1) is 0 Å². The summed E-state index contributed by atoms with van der Waals surface area (Å²) in [5.74, 6) is 0. The first-order valence-corrected chi connectivity index (χ1v) is 4.13. The third-order valence-electron chi connectivity index (χ3n) is 1.59. The van der Waals surface area contributed by atoms with Crippen molar-refractivity contribution >= 4 is 0 Å². The minimum absolute atomic E-state index is 0. The van der Waals surface area contributed by atoms with Gasteiger partial charge >= 0.3 is 0 Å². The number of H-pyrrole nitrogens is 1. The molecule has 0 aliphatic rings. The molecule has 0 aliphatic carbocycles. The van der Waals surface area contributed by atoms with Crippen LogP contribution in [0.4, 0.5) is 0 Å². The Labute approximate surface area is 111 Å². The van der Waals surface area contributed by atoms with Crippen molar-refractivity contribution in [2.75, 3.05) is 0 Å². The second kappa shape index (κ2) is 8.67. The molecule has 0 bridgehead atoms. The third kappa shape index (κ3) is 7.33. The molecule has 2 aromatic heterocycles. The Morgan fingerprint density at radius 3 is 1.87 bits per heavy atom. The van der Waals surface area contributed by atoms with Gasteiger partial charge in [-0.25, -0.2) is 13.7 Å². The number of nitrogens with zero attached hydrogens (tertiary/aromatic N) is 3. The molecule has 2 aromatic rings. The lowest BCUT2D eigenvalue weighted by molar-refractivity contribution is -0.670. The van der Waals surface area contributed by atoms with Crippen LogP contribution in [0.3, 0.4) is 0 Å². The molecule has 15 heavy (non-hydrogen) atoms. The monoisotopic (exact) mass is 338 g/mol. The smallest absolute Gasteiger partial charge is 0.243 e. The van der Waals surface area contributed by atoms with Crippen molar-refractivity contribution in [2.24, 2.45) is 21.1 Å². The maximum atomic E-state index is 2.89. The maximum Gasteiger partial charge on any atom is 0.243 e. The second-order valence-corrected chi connectivity index (χ2v) is 3.02. The van der Waals surface area contributed by atoms with Crippen LogP contribution in [0.15, 0.2) is 37.4 Å². The van der Waals surface area contributed by atoms with Gasteiger partial charge in [-0.05, 0) is 0 Å². The van der Waals surface area contributed by atoms with Gasteiger partial charge in [0.2, 0.25) is 12.7 Å². The predicted molar refractivity (Wildman–Crippen MR) is 48.6 cm³/mol. The average Bonchev–Trinajstić information content (AvgIpc) is 2.64. The highest BCUT2D eigenvalue weighted by Crippen LogP contribution is 1.70. The van der Waals surface area contributed by atoms with Gasteiger partial charge in [-0.1, -0.05) is 0 Å². The summed E-state index contributed by atoms with van der Waals surface area (Å²) in [6, 6.07) is 0. The molecule has 0 amide bonds. The number of hydrogen-bond donors (Lipinski definition) is 1. The lowest BCUT2D eigenvalue weighted by atomic mass is 10.9. The van der Waals surface area contributed by atoms with Crippen LogP contribution in [0.25, 0.3) is 0 Å². The minimum Gasteiger partial charge on any atom is -1.00 e. The van der Waals surface area contributed by atoms with Crippen molar-refractivity contribution in [1.82, 2.24) is 9.55 Å². The molecule has 2 heterocycles. The molecule has 0 atom stereocenters. The summed E-state index contributed by atoms with van der Waals surface area (Å²) in [7, 11) is 5.97. The highest BCUT2D eigenvalue weighted by molar-refractivity contribution is 4.60. The van der Waals surface area contributed by atoms with E-state index >= 15 is 0 Å². The summed E-state index contributed by atoms with van der Waals surface area (Å²) < 4.78 is 5.94. The Hall–Kier alpha value is -0.620. The number of halogens is 2. The molecule has 4 nitrogen and oxygen atoms in total. The van der Waals surface area contributed by atoms with E-state index in [2.05, 4.69) is 4.98 Å². The highest BCUT2D eigenvalue weighted by Gasteiger charge is 1.87. The van der Waals surface area contributed by atoms with Crippen molar-refractivity contribution in [3.63, 3.8) is 0 Å². The van der Waals surface area contributed by atoms with E-state index in [0.29, 0.717) is 0 Å². The summed E-state index contributed by atoms with van der Waals surface area (Å²) in [6.45, 7) is 0. The van der Waals surface area contributed by atoms with Gasteiger partial charge in [0.25, 0.3) is 0 Å². The predicted octanol–water partition coefficient (Wildman–Crippen LogP) is -6.30. The summed E-state index contributed by atoms with van der Waals surface area (Å²) in [4.78, 5) is 2.89. The molecule has 0 fully saturated rings. The minimum atomic E-state index is 0. The van der Waals surface area contributed by atoms with Gasteiger partial charge < -0.3 is 34.0 Å². The Balaban J connectivity index is 0. The van der Waals surface area contributed by atoms with E-state index in [1.165, 1.54) is 0 Å². The Bertz CT molecular complexity index is 326. The fraction of sp³-hybridized carbons (Fsp3) is 0.333. The quantitative estimate of drug-likeness (QED) is 0.463. The normalized spacial score (nSPS) is 7.93. The molecule has 0 aromatic carbocycles. The zero-order valence-electron chi connectivity index (χ0n) is 9.06. The molecule has 86 valence electrons. The van der Waals surface area contributed by atoms with Gasteiger partial charge in [0, 0.05) is 0 Å². The first kappa shape index (κ1) is 16.8. The van der Waals surface area contributed by atoms with E-state index in [-0.39, 0.29) is 34.0 Å². The van der Waals surface area contributed by atoms with Crippen LogP contribution in [0.1, 0.15) is 0 Å². The SMILES string of the molecule is C[n+]1cc[nH]c1.Cn1cc[n+](C)c1.[Br-].[Br-]. The number of nitrogens with one attached hydrogen (secondary N) is 1. The van der Waals surface area contributed by atoms with Crippen LogP contribution < -0.4 is 43.1 Å². The van der Waals surface area contributed by atoms with Crippen LogP contribution in [0.2, 0.25) is 0 Å². The van der Waals surface area contributed by atoms with Gasteiger partial charge in [0.15, 0.2) is 0 Å². The summed E-state index contributed by atoms with van der Waals surface area (Å²) in [5, 5.41) is 0. The van der Waals surface area contributed by atoms with Gasteiger partial charge in [-0.2, -0.15) is 0 Å². The van der Waals surface area contributed by atoms with Crippen molar-refractivity contribution < 1.29 is 43.1 Å². The van der Waals surface area contributed by atoms with Gasteiger partial charge in [0.1, 0.15) is 24.8 Å². The third-order valence-corrected chi connectivity index (χ3v) is 1.59. The van der Waals surface area contributed by atoms with E-state index in [4.69, 9.17) is 0 Å². The van der Waals surface area contributed by atoms with Gasteiger partial charge in [0.05, 0.1) is 21.1 Å². The van der Waals surface area contributed by atoms with Gasteiger partial charge in [-0.3, -0.25) is 4.98 Å². The van der Waals surface area contributed by atoms with E-state index in [0.717, 1.165) is 0 Å².